The molecule has 0 radical (unpaired) electrons. The maximum absolute atomic E-state index is 12.7. The summed E-state index contributed by atoms with van der Waals surface area (Å²) in [6, 6.07) is 10.5. The van der Waals surface area contributed by atoms with E-state index in [4.69, 9.17) is 20.8 Å². The van der Waals surface area contributed by atoms with Crippen molar-refractivity contribution in [2.45, 2.75) is 34.2 Å². The molecule has 0 aliphatic rings. The van der Waals surface area contributed by atoms with E-state index in [1.54, 1.807) is 13.0 Å². The molecule has 0 amide bonds. The topological polar surface area (TPSA) is 78.5 Å². The molecule has 0 saturated carbocycles. The third-order valence-corrected chi connectivity index (χ3v) is 5.40. The fourth-order valence-electron chi connectivity index (χ4n) is 3.47. The molecule has 156 valence electrons. The van der Waals surface area contributed by atoms with Crippen molar-refractivity contribution in [1.82, 2.24) is 4.57 Å². The second-order valence-corrected chi connectivity index (χ2v) is 7.55. The van der Waals surface area contributed by atoms with Gasteiger partial charge >= 0.3 is 11.6 Å². The van der Waals surface area contributed by atoms with Gasteiger partial charge in [-0.25, -0.2) is 9.59 Å². The number of esters is 1. The van der Waals surface area contributed by atoms with E-state index in [1.165, 1.54) is 13.0 Å². The lowest BCUT2D eigenvalue weighted by Gasteiger charge is -2.11. The Bertz CT molecular complexity index is 1160. The maximum atomic E-state index is 12.7. The molecular formula is C23H22ClNO5. The standard InChI is InChI=1S/C23H22ClNO5/c1-13-9-21(27)30-16(4)22(13)23(28)29-12-20(26)18-10-14(2)25(15(18)3)11-17-7-5-6-8-19(17)24/h5-10H,11-12H2,1-4H3. The van der Waals surface area contributed by atoms with Crippen LogP contribution in [0.4, 0.5) is 0 Å². The second-order valence-electron chi connectivity index (χ2n) is 7.14. The number of Topliss-reactive ketones (excluding diaryl/α,β-unsaturated/α-hetero) is 1. The number of ketones is 1. The Morgan fingerprint density at radius 3 is 2.47 bits per heavy atom. The van der Waals surface area contributed by atoms with Crippen LogP contribution < -0.4 is 5.63 Å². The Hall–Kier alpha value is -3.12. The summed E-state index contributed by atoms with van der Waals surface area (Å²) in [6.45, 7) is 7.00. The largest absolute Gasteiger partial charge is 0.454 e. The Balaban J connectivity index is 1.76. The van der Waals surface area contributed by atoms with Crippen molar-refractivity contribution in [1.29, 1.82) is 0 Å². The van der Waals surface area contributed by atoms with Crippen molar-refractivity contribution in [2.75, 3.05) is 6.61 Å². The van der Waals surface area contributed by atoms with Crippen LogP contribution in [0.5, 0.6) is 0 Å². The van der Waals surface area contributed by atoms with Gasteiger partial charge < -0.3 is 13.7 Å². The predicted octanol–water partition coefficient (Wildman–Crippen LogP) is 4.42. The van der Waals surface area contributed by atoms with Crippen molar-refractivity contribution in [3.05, 3.63) is 91.2 Å². The molecule has 0 fully saturated rings. The number of aromatic nitrogens is 1. The van der Waals surface area contributed by atoms with Gasteiger partial charge in [0, 0.05) is 34.6 Å². The number of carbonyl (C=O) groups is 2. The van der Waals surface area contributed by atoms with Gasteiger partial charge in [0.1, 0.15) is 11.3 Å². The highest BCUT2D eigenvalue weighted by Crippen LogP contribution is 2.22. The van der Waals surface area contributed by atoms with E-state index >= 15 is 0 Å². The fraction of sp³-hybridized carbons (Fsp3) is 0.261. The highest BCUT2D eigenvalue weighted by molar-refractivity contribution is 6.31. The monoisotopic (exact) mass is 427 g/mol. The zero-order chi connectivity index (χ0) is 22.0. The maximum Gasteiger partial charge on any atom is 0.342 e. The Morgan fingerprint density at radius 2 is 1.80 bits per heavy atom. The van der Waals surface area contributed by atoms with Crippen LogP contribution >= 0.6 is 11.6 Å². The summed E-state index contributed by atoms with van der Waals surface area (Å²) in [4.78, 5) is 36.5. The number of carbonyl (C=O) groups excluding carboxylic acids is 2. The zero-order valence-corrected chi connectivity index (χ0v) is 18.0. The van der Waals surface area contributed by atoms with Gasteiger partial charge in [-0.3, -0.25) is 4.79 Å². The number of nitrogens with zero attached hydrogens (tertiary/aromatic N) is 1. The van der Waals surface area contributed by atoms with Crippen LogP contribution in [0.2, 0.25) is 5.02 Å². The summed E-state index contributed by atoms with van der Waals surface area (Å²) < 4.78 is 12.2. The van der Waals surface area contributed by atoms with E-state index in [1.807, 2.05) is 42.7 Å². The van der Waals surface area contributed by atoms with Gasteiger partial charge in [-0.05, 0) is 51.0 Å². The van der Waals surface area contributed by atoms with Gasteiger partial charge in [-0.15, -0.1) is 0 Å². The smallest absolute Gasteiger partial charge is 0.342 e. The zero-order valence-electron chi connectivity index (χ0n) is 17.2. The molecule has 2 heterocycles. The summed E-state index contributed by atoms with van der Waals surface area (Å²) in [5, 5.41) is 0.659. The highest BCUT2D eigenvalue weighted by atomic mass is 35.5. The first kappa shape index (κ1) is 21.6. The number of rotatable bonds is 6. The molecule has 0 atom stereocenters. The second kappa shape index (κ2) is 8.71. The number of hydrogen-bond acceptors (Lipinski definition) is 5. The molecule has 0 saturated heterocycles. The number of aryl methyl sites for hydroxylation is 3. The molecule has 3 rings (SSSR count). The first-order valence-electron chi connectivity index (χ1n) is 9.41. The van der Waals surface area contributed by atoms with Crippen LogP contribution in [-0.2, 0) is 11.3 Å². The quantitative estimate of drug-likeness (QED) is 0.430. The van der Waals surface area contributed by atoms with E-state index in [0.29, 0.717) is 22.7 Å². The van der Waals surface area contributed by atoms with Crippen LogP contribution in [0.25, 0.3) is 0 Å². The predicted molar refractivity (Wildman–Crippen MR) is 114 cm³/mol. The molecule has 0 unspecified atom stereocenters. The summed E-state index contributed by atoms with van der Waals surface area (Å²) in [6.07, 6.45) is 0. The number of halogens is 1. The van der Waals surface area contributed by atoms with Crippen LogP contribution in [0.15, 0.2) is 45.6 Å². The van der Waals surface area contributed by atoms with Crippen molar-refractivity contribution < 1.29 is 18.7 Å². The summed E-state index contributed by atoms with van der Waals surface area (Å²) in [5.41, 5.74) is 3.17. The number of ether oxygens (including phenoxy) is 1. The van der Waals surface area contributed by atoms with Gasteiger partial charge in [0.25, 0.3) is 0 Å². The SMILES string of the molecule is Cc1cc(=O)oc(C)c1C(=O)OCC(=O)c1cc(C)n(Cc2ccccc2Cl)c1C. The van der Waals surface area contributed by atoms with Crippen LogP contribution in [0.3, 0.4) is 0 Å². The van der Waals surface area contributed by atoms with Crippen LogP contribution in [-0.4, -0.2) is 22.9 Å². The fourth-order valence-corrected chi connectivity index (χ4v) is 3.66. The molecule has 3 aromatic rings. The average Bonchev–Trinajstić information content (AvgIpc) is 2.95. The van der Waals surface area contributed by atoms with Crippen LogP contribution in [0.1, 0.15) is 49.0 Å². The van der Waals surface area contributed by atoms with Crippen molar-refractivity contribution in [3.8, 4) is 0 Å². The van der Waals surface area contributed by atoms with E-state index < -0.39 is 18.2 Å². The molecule has 30 heavy (non-hydrogen) atoms. The molecule has 0 spiro atoms. The highest BCUT2D eigenvalue weighted by Gasteiger charge is 2.21. The normalized spacial score (nSPS) is 10.8. The van der Waals surface area contributed by atoms with Gasteiger partial charge in [0.2, 0.25) is 5.78 Å². The molecule has 0 aliphatic carbocycles. The van der Waals surface area contributed by atoms with Gasteiger partial charge in [0.15, 0.2) is 6.61 Å². The lowest BCUT2D eigenvalue weighted by atomic mass is 10.1. The molecular weight excluding hydrogens is 406 g/mol. The first-order chi connectivity index (χ1) is 14.2. The third kappa shape index (κ3) is 4.39. The average molecular weight is 428 g/mol. The molecule has 0 aliphatic heterocycles. The number of hydrogen-bond donors (Lipinski definition) is 0. The first-order valence-corrected chi connectivity index (χ1v) is 9.78. The molecule has 0 N–H and O–H groups in total. The summed E-state index contributed by atoms with van der Waals surface area (Å²) in [5.74, 6) is -0.850. The van der Waals surface area contributed by atoms with Gasteiger partial charge in [-0.2, -0.15) is 0 Å². The van der Waals surface area contributed by atoms with E-state index in [-0.39, 0.29) is 17.1 Å². The third-order valence-electron chi connectivity index (χ3n) is 5.03. The van der Waals surface area contributed by atoms with Gasteiger partial charge in [-0.1, -0.05) is 29.8 Å². The van der Waals surface area contributed by atoms with E-state index in [2.05, 4.69) is 0 Å². The minimum atomic E-state index is -0.702. The Kier molecular flexibility index (Phi) is 6.27. The summed E-state index contributed by atoms with van der Waals surface area (Å²) >= 11 is 6.26. The van der Waals surface area contributed by atoms with Crippen LogP contribution in [0, 0.1) is 27.7 Å². The number of benzene rings is 1. The van der Waals surface area contributed by atoms with Crippen molar-refractivity contribution in [2.24, 2.45) is 0 Å². The van der Waals surface area contributed by atoms with Gasteiger partial charge in [0.05, 0.1) is 0 Å². The lowest BCUT2D eigenvalue weighted by Crippen LogP contribution is -2.18. The minimum absolute atomic E-state index is 0.159. The molecule has 0 bridgehead atoms. The summed E-state index contributed by atoms with van der Waals surface area (Å²) in [7, 11) is 0. The van der Waals surface area contributed by atoms with E-state index in [9.17, 15) is 14.4 Å². The molecule has 1 aromatic carbocycles. The molecule has 6 nitrogen and oxygen atoms in total. The Labute approximate surface area is 179 Å². The molecule has 7 heteroatoms. The van der Waals surface area contributed by atoms with Crippen molar-refractivity contribution >= 4 is 23.4 Å². The molecule has 2 aromatic heterocycles. The lowest BCUT2D eigenvalue weighted by molar-refractivity contribution is 0.0469. The van der Waals surface area contributed by atoms with Crippen molar-refractivity contribution in [3.63, 3.8) is 0 Å². The van der Waals surface area contributed by atoms with E-state index in [0.717, 1.165) is 17.0 Å². The minimum Gasteiger partial charge on any atom is -0.454 e. The Morgan fingerprint density at radius 1 is 1.10 bits per heavy atom.